The third kappa shape index (κ3) is 6.31. The molecule has 0 amide bonds. The minimum Gasteiger partial charge on any atom is -0.497 e. The van der Waals surface area contributed by atoms with E-state index in [-0.39, 0.29) is 28.3 Å². The van der Waals surface area contributed by atoms with Crippen LogP contribution < -0.4 is 9.47 Å². The van der Waals surface area contributed by atoms with Gasteiger partial charge in [-0.3, -0.25) is 0 Å². The predicted octanol–water partition coefficient (Wildman–Crippen LogP) is 4.67. The van der Waals surface area contributed by atoms with Crippen molar-refractivity contribution in [3.05, 3.63) is 77.9 Å². The summed E-state index contributed by atoms with van der Waals surface area (Å²) in [6.45, 7) is -0.795. The van der Waals surface area contributed by atoms with E-state index < -0.39 is 34.3 Å². The van der Waals surface area contributed by atoms with Gasteiger partial charge in [0.05, 0.1) is 17.6 Å². The second-order valence-corrected chi connectivity index (χ2v) is 9.57. The maximum atomic E-state index is 13.2. The van der Waals surface area contributed by atoms with Crippen molar-refractivity contribution in [2.75, 3.05) is 20.8 Å². The fourth-order valence-electron chi connectivity index (χ4n) is 3.30. The number of methoxy groups -OCH3 is 1. The molecule has 0 saturated carbocycles. The lowest BCUT2D eigenvalue weighted by atomic mass is 9.99. The standard InChI is InChI=1S/C24H22F3NO6S/c1-28(35(31,32)20-9-7-19(33-2)8-10-20)14-16-6-11-22(34-15-23(29)30)21(12-16)17-4-3-5-18(13-17)24(25,26)27/h3-13H,14-15H2,1-2H3,(H,29,30). The summed E-state index contributed by atoms with van der Waals surface area (Å²) in [5, 5.41) is 8.94. The van der Waals surface area contributed by atoms with Gasteiger partial charge < -0.3 is 14.6 Å². The van der Waals surface area contributed by atoms with Crippen LogP contribution in [-0.4, -0.2) is 44.6 Å². The van der Waals surface area contributed by atoms with Crippen molar-refractivity contribution < 1.29 is 41.0 Å². The monoisotopic (exact) mass is 509 g/mol. The van der Waals surface area contributed by atoms with Gasteiger partial charge in [0.1, 0.15) is 11.5 Å². The highest BCUT2D eigenvalue weighted by Crippen LogP contribution is 2.36. The van der Waals surface area contributed by atoms with Crippen molar-refractivity contribution in [3.63, 3.8) is 0 Å². The maximum absolute atomic E-state index is 13.2. The molecule has 0 saturated heterocycles. The molecule has 1 N–H and O–H groups in total. The molecule has 0 aliphatic heterocycles. The van der Waals surface area contributed by atoms with Gasteiger partial charge in [0.15, 0.2) is 6.61 Å². The second kappa shape index (κ2) is 10.4. The van der Waals surface area contributed by atoms with Gasteiger partial charge in [0.25, 0.3) is 0 Å². The van der Waals surface area contributed by atoms with Crippen LogP contribution in [0.25, 0.3) is 11.1 Å². The Labute approximate surface area is 200 Å². The number of alkyl halides is 3. The molecule has 0 radical (unpaired) electrons. The Hall–Kier alpha value is -3.57. The zero-order valence-electron chi connectivity index (χ0n) is 18.7. The number of carboxylic acid groups (broad SMARTS) is 1. The number of hydrogen-bond donors (Lipinski definition) is 1. The van der Waals surface area contributed by atoms with Crippen LogP contribution in [0.4, 0.5) is 13.2 Å². The van der Waals surface area contributed by atoms with Crippen LogP contribution >= 0.6 is 0 Å². The van der Waals surface area contributed by atoms with Crippen LogP contribution in [-0.2, 0) is 27.5 Å². The lowest BCUT2D eigenvalue weighted by molar-refractivity contribution is -0.139. The third-order valence-corrected chi connectivity index (χ3v) is 6.89. The second-order valence-electron chi connectivity index (χ2n) is 7.53. The number of nitrogens with zero attached hydrogens (tertiary/aromatic N) is 1. The molecule has 3 rings (SSSR count). The van der Waals surface area contributed by atoms with Crippen molar-refractivity contribution in [3.8, 4) is 22.6 Å². The minimum absolute atomic E-state index is 0.0420. The Morgan fingerprint density at radius 3 is 2.31 bits per heavy atom. The fourth-order valence-corrected chi connectivity index (χ4v) is 4.46. The SMILES string of the molecule is COc1ccc(S(=O)(=O)N(C)Cc2ccc(OCC(=O)O)c(-c3cccc(C(F)(F)F)c3)c2)cc1. The molecule has 186 valence electrons. The molecule has 3 aromatic carbocycles. The molecule has 0 aromatic heterocycles. The summed E-state index contributed by atoms with van der Waals surface area (Å²) < 4.78 is 77.0. The number of hydrogen-bond acceptors (Lipinski definition) is 5. The largest absolute Gasteiger partial charge is 0.497 e. The zero-order chi connectivity index (χ0) is 25.8. The lowest BCUT2D eigenvalue weighted by Gasteiger charge is -2.19. The van der Waals surface area contributed by atoms with Crippen molar-refractivity contribution >= 4 is 16.0 Å². The summed E-state index contributed by atoms with van der Waals surface area (Å²) in [5.74, 6) is -0.709. The first-order chi connectivity index (χ1) is 16.4. The summed E-state index contributed by atoms with van der Waals surface area (Å²) in [6, 6.07) is 14.7. The average Bonchev–Trinajstić information content (AvgIpc) is 2.82. The lowest BCUT2D eigenvalue weighted by Crippen LogP contribution is -2.26. The molecular formula is C24H22F3NO6S. The minimum atomic E-state index is -4.58. The van der Waals surface area contributed by atoms with E-state index in [0.29, 0.717) is 11.3 Å². The third-order valence-electron chi connectivity index (χ3n) is 5.07. The highest BCUT2D eigenvalue weighted by molar-refractivity contribution is 7.89. The van der Waals surface area contributed by atoms with E-state index in [4.69, 9.17) is 14.6 Å². The molecule has 35 heavy (non-hydrogen) atoms. The van der Waals surface area contributed by atoms with Crippen LogP contribution in [0.1, 0.15) is 11.1 Å². The number of carboxylic acids is 1. The van der Waals surface area contributed by atoms with Crippen molar-refractivity contribution in [2.24, 2.45) is 0 Å². The molecule has 0 bridgehead atoms. The van der Waals surface area contributed by atoms with Gasteiger partial charge in [-0.1, -0.05) is 18.2 Å². The van der Waals surface area contributed by atoms with Crippen LogP contribution in [0, 0.1) is 0 Å². The molecule has 0 aliphatic rings. The smallest absolute Gasteiger partial charge is 0.416 e. The van der Waals surface area contributed by atoms with Crippen LogP contribution in [0.3, 0.4) is 0 Å². The molecule has 0 unspecified atom stereocenters. The number of ether oxygens (including phenoxy) is 2. The fraction of sp³-hybridized carbons (Fsp3) is 0.208. The van der Waals surface area contributed by atoms with E-state index in [1.807, 2.05) is 0 Å². The molecule has 0 heterocycles. The number of aliphatic carboxylic acids is 1. The van der Waals surface area contributed by atoms with Crippen molar-refractivity contribution in [2.45, 2.75) is 17.6 Å². The summed E-state index contributed by atoms with van der Waals surface area (Å²) in [5.41, 5.74) is -0.0868. The molecule has 7 nitrogen and oxygen atoms in total. The van der Waals surface area contributed by atoms with Crippen LogP contribution in [0.2, 0.25) is 0 Å². The number of benzene rings is 3. The highest BCUT2D eigenvalue weighted by Gasteiger charge is 2.30. The summed E-state index contributed by atoms with van der Waals surface area (Å²) in [4.78, 5) is 11.0. The number of carbonyl (C=O) groups is 1. The first kappa shape index (κ1) is 26.0. The first-order valence-electron chi connectivity index (χ1n) is 10.2. The molecular weight excluding hydrogens is 487 g/mol. The summed E-state index contributed by atoms with van der Waals surface area (Å²) in [6.07, 6.45) is -4.58. The Bertz CT molecular complexity index is 1310. The molecule has 0 fully saturated rings. The summed E-state index contributed by atoms with van der Waals surface area (Å²) in [7, 11) is -1.04. The molecule has 0 spiro atoms. The van der Waals surface area contributed by atoms with E-state index in [0.717, 1.165) is 16.4 Å². The van der Waals surface area contributed by atoms with Gasteiger partial charge in [-0.15, -0.1) is 0 Å². The van der Waals surface area contributed by atoms with E-state index in [2.05, 4.69) is 0 Å². The number of sulfonamides is 1. The summed E-state index contributed by atoms with van der Waals surface area (Å²) >= 11 is 0. The van der Waals surface area contributed by atoms with Gasteiger partial charge in [-0.05, 0) is 59.7 Å². The van der Waals surface area contributed by atoms with E-state index >= 15 is 0 Å². The van der Waals surface area contributed by atoms with Gasteiger partial charge in [0, 0.05) is 19.2 Å². The van der Waals surface area contributed by atoms with E-state index in [1.54, 1.807) is 0 Å². The number of halogens is 3. The molecule has 0 aliphatic carbocycles. The first-order valence-corrected chi connectivity index (χ1v) is 11.6. The van der Waals surface area contributed by atoms with Crippen molar-refractivity contribution in [1.29, 1.82) is 0 Å². The van der Waals surface area contributed by atoms with Gasteiger partial charge in [-0.25, -0.2) is 13.2 Å². The van der Waals surface area contributed by atoms with Gasteiger partial charge in [-0.2, -0.15) is 17.5 Å². The van der Waals surface area contributed by atoms with Crippen LogP contribution in [0.5, 0.6) is 11.5 Å². The Balaban J connectivity index is 1.97. The topological polar surface area (TPSA) is 93.1 Å². The predicted molar refractivity (Wildman–Crippen MR) is 122 cm³/mol. The maximum Gasteiger partial charge on any atom is 0.416 e. The van der Waals surface area contributed by atoms with Crippen LogP contribution in [0.15, 0.2) is 71.6 Å². The molecule has 0 atom stereocenters. The van der Waals surface area contributed by atoms with Gasteiger partial charge in [0.2, 0.25) is 10.0 Å². The Morgan fingerprint density at radius 1 is 1.03 bits per heavy atom. The normalized spacial score (nSPS) is 11.9. The Kier molecular flexibility index (Phi) is 7.71. The Morgan fingerprint density at radius 2 is 1.71 bits per heavy atom. The van der Waals surface area contributed by atoms with Crippen molar-refractivity contribution in [1.82, 2.24) is 4.31 Å². The van der Waals surface area contributed by atoms with E-state index in [1.165, 1.54) is 68.8 Å². The highest BCUT2D eigenvalue weighted by atomic mass is 32.2. The number of rotatable bonds is 9. The average molecular weight is 510 g/mol. The zero-order valence-corrected chi connectivity index (χ0v) is 19.6. The quantitative estimate of drug-likeness (QED) is 0.451. The molecule has 11 heteroatoms. The van der Waals surface area contributed by atoms with Gasteiger partial charge >= 0.3 is 12.1 Å². The molecule has 3 aromatic rings. The van der Waals surface area contributed by atoms with E-state index in [9.17, 15) is 26.4 Å².